The van der Waals surface area contributed by atoms with Crippen molar-refractivity contribution in [2.24, 2.45) is 0 Å². The normalized spacial score (nSPS) is 13.0. The molecule has 4 aromatic carbocycles. The SMILES string of the molecule is O=C(CCc1c[nH]c2ccccc12)Nc1ccc(N2C(=O)c3cccc4cccc(c34)C2=O)cc1. The van der Waals surface area contributed by atoms with E-state index in [-0.39, 0.29) is 17.7 Å². The first-order valence-electron chi connectivity index (χ1n) is 11.5. The Labute approximate surface area is 201 Å². The van der Waals surface area contributed by atoms with Gasteiger partial charge in [0.1, 0.15) is 0 Å². The van der Waals surface area contributed by atoms with Gasteiger partial charge in [-0.05, 0) is 59.8 Å². The molecule has 6 nitrogen and oxygen atoms in total. The number of H-pyrrole nitrogens is 1. The van der Waals surface area contributed by atoms with Crippen molar-refractivity contribution in [3.8, 4) is 0 Å². The number of benzene rings is 4. The van der Waals surface area contributed by atoms with E-state index in [1.807, 2.05) is 54.7 Å². The lowest BCUT2D eigenvalue weighted by atomic mass is 9.94. The zero-order valence-electron chi connectivity index (χ0n) is 18.7. The summed E-state index contributed by atoms with van der Waals surface area (Å²) in [6, 6.07) is 25.7. The first-order chi connectivity index (χ1) is 17.1. The molecule has 0 unspecified atom stereocenters. The van der Waals surface area contributed by atoms with Crippen LogP contribution >= 0.6 is 0 Å². The van der Waals surface area contributed by atoms with Crippen molar-refractivity contribution in [1.82, 2.24) is 4.98 Å². The van der Waals surface area contributed by atoms with Crippen LogP contribution in [0.15, 0.2) is 91.1 Å². The Kier molecular flexibility index (Phi) is 4.92. The van der Waals surface area contributed by atoms with Crippen molar-refractivity contribution in [3.05, 3.63) is 108 Å². The molecule has 1 aliphatic heterocycles. The van der Waals surface area contributed by atoms with Crippen LogP contribution in [0.25, 0.3) is 21.7 Å². The molecule has 0 aliphatic carbocycles. The summed E-state index contributed by atoms with van der Waals surface area (Å²) < 4.78 is 0. The number of nitrogens with one attached hydrogen (secondary N) is 2. The topological polar surface area (TPSA) is 82.3 Å². The number of aryl methyl sites for hydroxylation is 1. The van der Waals surface area contributed by atoms with E-state index in [9.17, 15) is 14.4 Å². The van der Waals surface area contributed by atoms with Crippen LogP contribution in [0.2, 0.25) is 0 Å². The highest BCUT2D eigenvalue weighted by Gasteiger charge is 2.33. The summed E-state index contributed by atoms with van der Waals surface area (Å²) in [4.78, 5) is 43.4. The number of carbonyl (C=O) groups is 3. The molecule has 2 heterocycles. The summed E-state index contributed by atoms with van der Waals surface area (Å²) in [5.74, 6) is -0.807. The van der Waals surface area contributed by atoms with Gasteiger partial charge in [0.05, 0.1) is 5.69 Å². The lowest BCUT2D eigenvalue weighted by molar-refractivity contribution is -0.116. The van der Waals surface area contributed by atoms with E-state index in [1.165, 1.54) is 4.90 Å². The van der Waals surface area contributed by atoms with Gasteiger partial charge in [0.25, 0.3) is 11.8 Å². The Morgan fingerprint density at radius 2 is 1.49 bits per heavy atom. The van der Waals surface area contributed by atoms with Crippen LogP contribution in [0, 0.1) is 0 Å². The van der Waals surface area contributed by atoms with E-state index < -0.39 is 0 Å². The molecule has 0 saturated heterocycles. The Bertz CT molecular complexity index is 1580. The molecule has 170 valence electrons. The van der Waals surface area contributed by atoms with Crippen molar-refractivity contribution >= 4 is 50.8 Å². The molecule has 2 N–H and O–H groups in total. The predicted octanol–water partition coefficient (Wildman–Crippen LogP) is 5.69. The Balaban J connectivity index is 1.17. The standard InChI is InChI=1S/C29H21N3O3/c33-26(16-11-19-17-30-25-10-2-1-7-22(19)25)31-20-12-14-21(15-13-20)32-28(34)23-8-3-5-18-6-4-9-24(27(18)23)29(32)35/h1-10,12-15,17,30H,11,16H2,(H,31,33). The van der Waals surface area contributed by atoms with Crippen molar-refractivity contribution in [3.63, 3.8) is 0 Å². The van der Waals surface area contributed by atoms with Crippen LogP contribution in [0.1, 0.15) is 32.7 Å². The number of fused-ring (bicyclic) bond motifs is 1. The molecular weight excluding hydrogens is 438 g/mol. The highest BCUT2D eigenvalue weighted by atomic mass is 16.2. The Hall–Kier alpha value is -4.71. The van der Waals surface area contributed by atoms with Crippen molar-refractivity contribution in [2.75, 3.05) is 10.2 Å². The second kappa shape index (κ2) is 8.25. The van der Waals surface area contributed by atoms with E-state index in [0.717, 1.165) is 21.9 Å². The minimum absolute atomic E-state index is 0.103. The number of anilines is 2. The Morgan fingerprint density at radius 3 is 2.20 bits per heavy atom. The largest absolute Gasteiger partial charge is 0.361 e. The third-order valence-corrected chi connectivity index (χ3v) is 6.48. The maximum Gasteiger partial charge on any atom is 0.265 e. The fraction of sp³-hybridized carbons (Fsp3) is 0.0690. The predicted molar refractivity (Wildman–Crippen MR) is 137 cm³/mol. The summed E-state index contributed by atoms with van der Waals surface area (Å²) >= 11 is 0. The third kappa shape index (κ3) is 3.56. The number of rotatable bonds is 5. The maximum atomic E-state index is 13.2. The molecule has 35 heavy (non-hydrogen) atoms. The molecule has 6 heteroatoms. The number of aromatic amines is 1. The molecule has 1 aliphatic rings. The van der Waals surface area contributed by atoms with Gasteiger partial charge in [-0.3, -0.25) is 14.4 Å². The molecule has 0 fully saturated rings. The summed E-state index contributed by atoms with van der Waals surface area (Å²) in [6.07, 6.45) is 2.90. The molecule has 6 rings (SSSR count). The minimum atomic E-state index is -0.352. The monoisotopic (exact) mass is 459 g/mol. The zero-order chi connectivity index (χ0) is 23.9. The van der Waals surface area contributed by atoms with Crippen LogP contribution in [0.3, 0.4) is 0 Å². The molecular formula is C29H21N3O3. The molecule has 0 bridgehead atoms. The number of carbonyl (C=O) groups excluding carboxylic acids is 3. The summed E-state index contributed by atoms with van der Waals surface area (Å²) in [7, 11) is 0. The van der Waals surface area contributed by atoms with E-state index in [2.05, 4.69) is 10.3 Å². The van der Waals surface area contributed by atoms with Gasteiger partial charge in [-0.25, -0.2) is 4.90 Å². The molecule has 0 saturated carbocycles. The summed E-state index contributed by atoms with van der Waals surface area (Å²) in [5.41, 5.74) is 4.24. The Morgan fingerprint density at radius 1 is 0.800 bits per heavy atom. The van der Waals surface area contributed by atoms with E-state index in [0.29, 0.717) is 40.7 Å². The van der Waals surface area contributed by atoms with Crippen LogP contribution in [-0.4, -0.2) is 22.7 Å². The number of para-hydroxylation sites is 1. The van der Waals surface area contributed by atoms with E-state index in [4.69, 9.17) is 0 Å². The second-order valence-corrected chi connectivity index (χ2v) is 8.61. The molecule has 3 amide bonds. The first-order valence-corrected chi connectivity index (χ1v) is 11.5. The minimum Gasteiger partial charge on any atom is -0.361 e. The van der Waals surface area contributed by atoms with E-state index in [1.54, 1.807) is 36.4 Å². The van der Waals surface area contributed by atoms with Crippen molar-refractivity contribution in [2.45, 2.75) is 12.8 Å². The number of amides is 3. The first kappa shape index (κ1) is 20.9. The number of hydrogen-bond donors (Lipinski definition) is 2. The van der Waals surface area contributed by atoms with Crippen LogP contribution < -0.4 is 10.2 Å². The molecule has 0 atom stereocenters. The van der Waals surface area contributed by atoms with Crippen molar-refractivity contribution in [1.29, 1.82) is 0 Å². The maximum absolute atomic E-state index is 13.2. The number of aromatic nitrogens is 1. The number of nitrogens with zero attached hydrogens (tertiary/aromatic N) is 1. The van der Waals surface area contributed by atoms with Crippen molar-refractivity contribution < 1.29 is 14.4 Å². The highest BCUT2D eigenvalue weighted by molar-refractivity contribution is 6.35. The quantitative estimate of drug-likeness (QED) is 0.331. The van der Waals surface area contributed by atoms with Crippen LogP contribution in [0.5, 0.6) is 0 Å². The van der Waals surface area contributed by atoms with Gasteiger partial charge in [0.15, 0.2) is 0 Å². The number of imide groups is 1. The van der Waals surface area contributed by atoms with Gasteiger partial charge < -0.3 is 10.3 Å². The average Bonchev–Trinajstić information content (AvgIpc) is 3.30. The van der Waals surface area contributed by atoms with Gasteiger partial charge in [-0.15, -0.1) is 0 Å². The zero-order valence-corrected chi connectivity index (χ0v) is 18.7. The summed E-state index contributed by atoms with van der Waals surface area (Å²) in [6.45, 7) is 0. The van der Waals surface area contributed by atoms with Gasteiger partial charge in [0, 0.05) is 45.7 Å². The average molecular weight is 460 g/mol. The van der Waals surface area contributed by atoms with E-state index >= 15 is 0 Å². The van der Waals surface area contributed by atoms with Gasteiger partial charge in [-0.2, -0.15) is 0 Å². The highest BCUT2D eigenvalue weighted by Crippen LogP contribution is 2.33. The van der Waals surface area contributed by atoms with Crippen LogP contribution in [0.4, 0.5) is 11.4 Å². The fourth-order valence-electron chi connectivity index (χ4n) is 4.77. The third-order valence-electron chi connectivity index (χ3n) is 6.48. The van der Waals surface area contributed by atoms with Gasteiger partial charge in [-0.1, -0.05) is 42.5 Å². The van der Waals surface area contributed by atoms with Gasteiger partial charge >= 0.3 is 0 Å². The smallest absolute Gasteiger partial charge is 0.265 e. The molecule has 1 aromatic heterocycles. The van der Waals surface area contributed by atoms with Gasteiger partial charge in [0.2, 0.25) is 5.91 Å². The lowest BCUT2D eigenvalue weighted by Gasteiger charge is -2.27. The molecule has 5 aromatic rings. The second-order valence-electron chi connectivity index (χ2n) is 8.61. The molecule has 0 spiro atoms. The summed E-state index contributed by atoms with van der Waals surface area (Å²) in [5, 5.41) is 5.58. The van der Waals surface area contributed by atoms with Crippen LogP contribution in [-0.2, 0) is 11.2 Å². The fourth-order valence-corrected chi connectivity index (χ4v) is 4.77. The lowest BCUT2D eigenvalue weighted by Crippen LogP contribution is -2.40. The molecule has 0 radical (unpaired) electrons. The number of hydrogen-bond acceptors (Lipinski definition) is 3.